The first kappa shape index (κ1) is 55.6. The van der Waals surface area contributed by atoms with E-state index in [0.717, 1.165) is 82.7 Å². The zero-order valence-electron chi connectivity index (χ0n) is 53.6. The first-order valence-corrected chi connectivity index (χ1v) is 33.7. The van der Waals surface area contributed by atoms with Gasteiger partial charge < -0.3 is 18.3 Å². The SMILES string of the molecule is c1ccc2c(c1)c1cc(-c3ccc4c(c3)c3ccccc3n4-c3ccc4cncnc4c3)ccc1n2-c1ccc2ncncc2c1.c1cnc2c(c1)ccc1ccc(-n3c4ccccc4c4cc(-c5ccc6c(c5)c5ccccc5n6-c5ccc6ccc7cccnc7c6c5)ccc43)cc12. The molecule has 464 valence electrons. The van der Waals surface area contributed by atoms with Gasteiger partial charge in [0.15, 0.2) is 0 Å². The molecular formula is C90H54N10. The number of hydrogen-bond donors (Lipinski definition) is 0. The number of aromatic nitrogens is 10. The van der Waals surface area contributed by atoms with E-state index in [2.05, 4.69) is 317 Å². The summed E-state index contributed by atoms with van der Waals surface area (Å²) in [6.07, 6.45) is 10.7. The number of benzene rings is 14. The molecule has 8 heterocycles. The quantitative estimate of drug-likeness (QED) is 0.154. The second kappa shape index (κ2) is 21.9. The Morgan fingerprint density at radius 2 is 0.540 bits per heavy atom. The summed E-state index contributed by atoms with van der Waals surface area (Å²) >= 11 is 0. The van der Waals surface area contributed by atoms with Gasteiger partial charge in [-0.25, -0.2) is 19.9 Å². The minimum atomic E-state index is 0.930. The highest BCUT2D eigenvalue weighted by molar-refractivity contribution is 6.16. The van der Waals surface area contributed by atoms with Crippen LogP contribution in [0, 0.1) is 0 Å². The van der Waals surface area contributed by atoms with Crippen LogP contribution in [-0.4, -0.2) is 48.2 Å². The number of pyridine rings is 2. The van der Waals surface area contributed by atoms with Crippen LogP contribution in [0.25, 0.3) is 197 Å². The average molecular weight is 1280 g/mol. The third kappa shape index (κ3) is 8.63. The third-order valence-electron chi connectivity index (χ3n) is 20.5. The zero-order chi connectivity index (χ0) is 65.5. The fraction of sp³-hybridized carbons (Fsp3) is 0. The molecule has 0 saturated carbocycles. The first-order chi connectivity index (χ1) is 49.6. The molecule has 0 radical (unpaired) electrons. The van der Waals surface area contributed by atoms with Crippen LogP contribution in [0.5, 0.6) is 0 Å². The molecule has 0 atom stereocenters. The summed E-state index contributed by atoms with van der Waals surface area (Å²) in [7, 11) is 0. The highest BCUT2D eigenvalue weighted by atomic mass is 15.0. The number of fused-ring (bicyclic) bond motifs is 20. The summed E-state index contributed by atoms with van der Waals surface area (Å²) in [5.74, 6) is 0. The maximum Gasteiger partial charge on any atom is 0.116 e. The van der Waals surface area contributed by atoms with E-state index < -0.39 is 0 Å². The Morgan fingerprint density at radius 3 is 0.980 bits per heavy atom. The standard InChI is InChI=1S/C50H30N4.C40H24N6/c1-3-11-45-39(9-1)43-27-35(19-23-47(43)53(45)37-21-17-31-13-15-33-7-5-25-51-49(33)41(31)29-37)36-20-24-48-44(28-36)40-10-2-4-12-46(40)54(48)38-22-18-32-14-16-34-8-6-26-52-50(34)42(32)30-38;1-3-7-37-31(5-1)33-18-25(10-15-39(33)45(37)29-13-14-35-28(17-29)22-42-23-43-35)26-11-16-40-34(19-26)32-6-2-4-8-38(32)46(40)30-12-9-27-21-41-24-44-36(27)20-30/h1-30H;1-24H. The molecule has 100 heavy (non-hydrogen) atoms. The maximum absolute atomic E-state index is 4.77. The Morgan fingerprint density at radius 1 is 0.200 bits per heavy atom. The van der Waals surface area contributed by atoms with Crippen molar-refractivity contribution in [1.82, 2.24) is 48.2 Å². The van der Waals surface area contributed by atoms with E-state index >= 15 is 0 Å². The summed E-state index contributed by atoms with van der Waals surface area (Å²) in [4.78, 5) is 26.9. The van der Waals surface area contributed by atoms with Crippen molar-refractivity contribution in [3.8, 4) is 45.0 Å². The van der Waals surface area contributed by atoms with E-state index in [1.54, 1.807) is 12.7 Å². The Balaban J connectivity index is 0.000000133. The molecule has 10 nitrogen and oxygen atoms in total. The Kier molecular flexibility index (Phi) is 12.2. The van der Waals surface area contributed by atoms with E-state index in [4.69, 9.17) is 9.97 Å². The fourth-order valence-electron chi connectivity index (χ4n) is 15.9. The Labute approximate surface area is 570 Å². The molecule has 0 saturated heterocycles. The molecule has 0 fully saturated rings. The smallest absolute Gasteiger partial charge is 0.116 e. The monoisotopic (exact) mass is 1270 g/mol. The van der Waals surface area contributed by atoms with E-state index in [9.17, 15) is 0 Å². The van der Waals surface area contributed by atoms with Crippen molar-refractivity contribution in [3.05, 3.63) is 329 Å². The lowest BCUT2D eigenvalue weighted by Gasteiger charge is -2.11. The zero-order valence-corrected chi connectivity index (χ0v) is 53.6. The molecule has 0 aliphatic carbocycles. The largest absolute Gasteiger partial charge is 0.309 e. The Bertz CT molecular complexity index is 6760. The molecule has 22 rings (SSSR count). The summed E-state index contributed by atoms with van der Waals surface area (Å²) in [5.41, 5.74) is 22.5. The minimum absolute atomic E-state index is 0.930. The van der Waals surface area contributed by atoms with E-state index in [0.29, 0.717) is 0 Å². The molecule has 22 aromatic rings. The second-order valence-corrected chi connectivity index (χ2v) is 26.0. The van der Waals surface area contributed by atoms with Crippen LogP contribution in [0.1, 0.15) is 0 Å². The van der Waals surface area contributed by atoms with Crippen LogP contribution in [0.2, 0.25) is 0 Å². The molecule has 0 bridgehead atoms. The van der Waals surface area contributed by atoms with Crippen LogP contribution >= 0.6 is 0 Å². The van der Waals surface area contributed by atoms with Gasteiger partial charge in [-0.05, 0) is 179 Å². The van der Waals surface area contributed by atoms with E-state index in [1.807, 2.05) is 36.9 Å². The highest BCUT2D eigenvalue weighted by Gasteiger charge is 2.21. The van der Waals surface area contributed by atoms with Crippen molar-refractivity contribution in [2.45, 2.75) is 0 Å². The van der Waals surface area contributed by atoms with E-state index in [-0.39, 0.29) is 0 Å². The van der Waals surface area contributed by atoms with Gasteiger partial charge >= 0.3 is 0 Å². The molecule has 0 N–H and O–H groups in total. The lowest BCUT2D eigenvalue weighted by Crippen LogP contribution is -1.95. The van der Waals surface area contributed by atoms with Crippen molar-refractivity contribution >= 4 is 152 Å². The number of rotatable bonds is 6. The summed E-state index contributed by atoms with van der Waals surface area (Å²) in [5, 5.41) is 18.9. The molecule has 8 aromatic heterocycles. The molecule has 14 aromatic carbocycles. The lowest BCUT2D eigenvalue weighted by molar-refractivity contribution is 1.17. The van der Waals surface area contributed by atoms with Crippen LogP contribution in [-0.2, 0) is 0 Å². The van der Waals surface area contributed by atoms with Gasteiger partial charge in [-0.3, -0.25) is 9.97 Å². The number of para-hydroxylation sites is 4. The van der Waals surface area contributed by atoms with Crippen LogP contribution in [0.3, 0.4) is 0 Å². The maximum atomic E-state index is 4.77. The molecule has 0 aliphatic rings. The fourth-order valence-corrected chi connectivity index (χ4v) is 15.9. The molecule has 0 spiro atoms. The number of nitrogens with zero attached hydrogens (tertiary/aromatic N) is 10. The van der Waals surface area contributed by atoms with Gasteiger partial charge in [0.25, 0.3) is 0 Å². The predicted octanol–water partition coefficient (Wildman–Crippen LogP) is 22.4. The second-order valence-electron chi connectivity index (χ2n) is 26.0. The molecule has 0 aliphatic heterocycles. The number of hydrogen-bond acceptors (Lipinski definition) is 6. The molecule has 0 amide bonds. The van der Waals surface area contributed by atoms with Gasteiger partial charge in [0.05, 0.1) is 66.2 Å². The van der Waals surface area contributed by atoms with Crippen molar-refractivity contribution < 1.29 is 0 Å². The molecular weight excluding hydrogens is 1220 g/mol. The summed E-state index contributed by atoms with van der Waals surface area (Å²) in [6.45, 7) is 0. The van der Waals surface area contributed by atoms with Crippen LogP contribution < -0.4 is 0 Å². The van der Waals surface area contributed by atoms with Crippen LogP contribution in [0.15, 0.2) is 329 Å². The third-order valence-corrected chi connectivity index (χ3v) is 20.5. The van der Waals surface area contributed by atoms with Gasteiger partial charge in [0.2, 0.25) is 0 Å². The van der Waals surface area contributed by atoms with Gasteiger partial charge in [-0.2, -0.15) is 0 Å². The van der Waals surface area contributed by atoms with Gasteiger partial charge in [-0.15, -0.1) is 0 Å². The van der Waals surface area contributed by atoms with Crippen molar-refractivity contribution in [2.24, 2.45) is 0 Å². The summed E-state index contributed by atoms with van der Waals surface area (Å²) < 4.78 is 9.47. The van der Waals surface area contributed by atoms with Crippen molar-refractivity contribution in [3.63, 3.8) is 0 Å². The Hall–Kier alpha value is -13.7. The first-order valence-electron chi connectivity index (χ1n) is 33.7. The predicted molar refractivity (Wildman–Crippen MR) is 413 cm³/mol. The average Bonchev–Trinajstić information content (AvgIpc) is 1.58. The minimum Gasteiger partial charge on any atom is -0.309 e. The van der Waals surface area contributed by atoms with Gasteiger partial charge in [0, 0.05) is 123 Å². The topological polar surface area (TPSA) is 97.1 Å². The summed E-state index contributed by atoms with van der Waals surface area (Å²) in [6, 6.07) is 106. The normalized spacial score (nSPS) is 12.0. The van der Waals surface area contributed by atoms with Gasteiger partial charge in [0.1, 0.15) is 12.7 Å². The molecule has 10 heteroatoms. The van der Waals surface area contributed by atoms with Gasteiger partial charge in [-0.1, -0.05) is 146 Å². The highest BCUT2D eigenvalue weighted by Crippen LogP contribution is 2.43. The van der Waals surface area contributed by atoms with Crippen molar-refractivity contribution in [2.75, 3.05) is 0 Å². The van der Waals surface area contributed by atoms with E-state index in [1.165, 1.54) is 115 Å². The lowest BCUT2D eigenvalue weighted by atomic mass is 10.0. The molecule has 0 unspecified atom stereocenters. The van der Waals surface area contributed by atoms with Crippen molar-refractivity contribution in [1.29, 1.82) is 0 Å². The van der Waals surface area contributed by atoms with Crippen LogP contribution in [0.4, 0.5) is 0 Å².